The number of aryl methyl sites for hydroxylation is 2. The van der Waals surface area contributed by atoms with Crippen LogP contribution in [-0.2, 0) is 0 Å². The summed E-state index contributed by atoms with van der Waals surface area (Å²) in [5.74, 6) is -0.439. The lowest BCUT2D eigenvalue weighted by Crippen LogP contribution is -2.29. The van der Waals surface area contributed by atoms with Crippen LogP contribution < -0.4 is 0 Å². The molecule has 0 fully saturated rings. The molecule has 3 heteroatoms. The van der Waals surface area contributed by atoms with Crippen LogP contribution in [0.3, 0.4) is 0 Å². The first kappa shape index (κ1) is 10.6. The molecule has 2 amide bonds. The van der Waals surface area contributed by atoms with Crippen molar-refractivity contribution in [3.8, 4) is 0 Å². The van der Waals surface area contributed by atoms with Crippen molar-refractivity contribution < 1.29 is 9.59 Å². The molecule has 0 radical (unpaired) electrons. The second-order valence-electron chi connectivity index (χ2n) is 3.99. The Morgan fingerprint density at radius 1 is 1.12 bits per heavy atom. The molecule has 1 aromatic rings. The van der Waals surface area contributed by atoms with Crippen molar-refractivity contribution in [3.05, 3.63) is 47.0 Å². The first-order chi connectivity index (χ1) is 7.56. The summed E-state index contributed by atoms with van der Waals surface area (Å²) in [6, 6.07) is 3.57. The van der Waals surface area contributed by atoms with E-state index >= 15 is 0 Å². The van der Waals surface area contributed by atoms with Gasteiger partial charge in [-0.25, -0.2) is 0 Å². The van der Waals surface area contributed by atoms with Gasteiger partial charge in [0.25, 0.3) is 11.8 Å². The van der Waals surface area contributed by atoms with E-state index in [0.29, 0.717) is 11.1 Å². The van der Waals surface area contributed by atoms with E-state index in [-0.39, 0.29) is 18.4 Å². The third-order valence-corrected chi connectivity index (χ3v) is 2.90. The molecule has 0 saturated carbocycles. The van der Waals surface area contributed by atoms with Gasteiger partial charge in [0, 0.05) is 6.54 Å². The molecule has 1 aliphatic rings. The summed E-state index contributed by atoms with van der Waals surface area (Å²) >= 11 is 0. The zero-order valence-electron chi connectivity index (χ0n) is 9.41. The molecule has 1 heterocycles. The smallest absolute Gasteiger partial charge is 0.261 e. The van der Waals surface area contributed by atoms with E-state index in [2.05, 4.69) is 6.58 Å². The third kappa shape index (κ3) is 1.36. The topological polar surface area (TPSA) is 37.4 Å². The van der Waals surface area contributed by atoms with E-state index in [0.717, 1.165) is 11.1 Å². The summed E-state index contributed by atoms with van der Waals surface area (Å²) in [4.78, 5) is 25.1. The lowest BCUT2D eigenvalue weighted by molar-refractivity contribution is 0.0672. The minimum absolute atomic E-state index is 0.219. The maximum Gasteiger partial charge on any atom is 0.261 e. The van der Waals surface area contributed by atoms with E-state index in [1.807, 2.05) is 13.8 Å². The standard InChI is InChI=1S/C13H13NO2/c1-4-5-14-12(15)10-6-8(2)9(3)7-11(10)13(14)16/h4,6-7H,1,5H2,2-3H3. The molecule has 1 aromatic carbocycles. The number of amides is 2. The Bertz CT molecular complexity index is 462. The zero-order chi connectivity index (χ0) is 11.9. The molecule has 0 aromatic heterocycles. The van der Waals surface area contributed by atoms with Crippen molar-refractivity contribution in [1.29, 1.82) is 0 Å². The van der Waals surface area contributed by atoms with Gasteiger partial charge >= 0.3 is 0 Å². The minimum Gasteiger partial charge on any atom is -0.270 e. The highest BCUT2D eigenvalue weighted by molar-refractivity contribution is 6.21. The Hall–Kier alpha value is -1.90. The number of carbonyl (C=O) groups excluding carboxylic acids is 2. The summed E-state index contributed by atoms with van der Waals surface area (Å²) in [6.45, 7) is 7.68. The molecule has 0 unspecified atom stereocenters. The van der Waals surface area contributed by atoms with E-state index in [1.54, 1.807) is 18.2 Å². The molecule has 1 aliphatic heterocycles. The van der Waals surface area contributed by atoms with E-state index in [1.165, 1.54) is 4.90 Å². The fourth-order valence-corrected chi connectivity index (χ4v) is 1.85. The Morgan fingerprint density at radius 3 is 1.94 bits per heavy atom. The number of benzene rings is 1. The molecule has 2 rings (SSSR count). The monoisotopic (exact) mass is 215 g/mol. The van der Waals surface area contributed by atoms with Crippen LogP contribution in [0.2, 0.25) is 0 Å². The average molecular weight is 215 g/mol. The van der Waals surface area contributed by atoms with Crippen LogP contribution in [0.1, 0.15) is 31.8 Å². The Labute approximate surface area is 94.4 Å². The summed E-state index contributed by atoms with van der Waals surface area (Å²) in [6.07, 6.45) is 1.56. The Kier molecular flexibility index (Phi) is 2.38. The molecule has 0 atom stereocenters. The number of nitrogens with zero attached hydrogens (tertiary/aromatic N) is 1. The molecular weight excluding hydrogens is 202 g/mol. The van der Waals surface area contributed by atoms with Gasteiger partial charge in [-0.15, -0.1) is 6.58 Å². The summed E-state index contributed by atoms with van der Waals surface area (Å²) < 4.78 is 0. The highest BCUT2D eigenvalue weighted by atomic mass is 16.2. The zero-order valence-corrected chi connectivity index (χ0v) is 9.41. The van der Waals surface area contributed by atoms with Gasteiger partial charge in [-0.05, 0) is 37.1 Å². The maximum atomic E-state index is 11.9. The first-order valence-corrected chi connectivity index (χ1v) is 5.14. The van der Waals surface area contributed by atoms with Crippen LogP contribution in [0.25, 0.3) is 0 Å². The van der Waals surface area contributed by atoms with Crippen molar-refractivity contribution in [3.63, 3.8) is 0 Å². The molecular formula is C13H13NO2. The first-order valence-electron chi connectivity index (χ1n) is 5.14. The van der Waals surface area contributed by atoms with Crippen LogP contribution in [0, 0.1) is 13.8 Å². The number of imide groups is 1. The summed E-state index contributed by atoms with van der Waals surface area (Å²) in [5.41, 5.74) is 3.07. The van der Waals surface area contributed by atoms with Gasteiger partial charge in [0.05, 0.1) is 11.1 Å². The SMILES string of the molecule is C=CCN1C(=O)c2cc(C)c(C)cc2C1=O. The van der Waals surface area contributed by atoms with Crippen molar-refractivity contribution in [1.82, 2.24) is 4.90 Å². The maximum absolute atomic E-state index is 11.9. The number of fused-ring (bicyclic) bond motifs is 1. The Morgan fingerprint density at radius 2 is 1.56 bits per heavy atom. The fraction of sp³-hybridized carbons (Fsp3) is 0.231. The largest absolute Gasteiger partial charge is 0.270 e. The van der Waals surface area contributed by atoms with Gasteiger partial charge in [0.2, 0.25) is 0 Å². The predicted molar refractivity (Wildman–Crippen MR) is 61.5 cm³/mol. The van der Waals surface area contributed by atoms with Gasteiger partial charge in [-0.3, -0.25) is 14.5 Å². The highest BCUT2D eigenvalue weighted by Gasteiger charge is 2.34. The second kappa shape index (κ2) is 3.59. The molecule has 0 bridgehead atoms. The molecule has 0 saturated heterocycles. The van der Waals surface area contributed by atoms with Gasteiger partial charge < -0.3 is 0 Å². The van der Waals surface area contributed by atoms with Crippen molar-refractivity contribution in [2.75, 3.05) is 6.54 Å². The van der Waals surface area contributed by atoms with Gasteiger partial charge in [0.15, 0.2) is 0 Å². The predicted octanol–water partition coefficient (Wildman–Crippen LogP) is 2.09. The molecule has 16 heavy (non-hydrogen) atoms. The molecule has 0 aliphatic carbocycles. The minimum atomic E-state index is -0.219. The third-order valence-electron chi connectivity index (χ3n) is 2.90. The molecule has 82 valence electrons. The number of hydrogen-bond donors (Lipinski definition) is 0. The van der Waals surface area contributed by atoms with E-state index < -0.39 is 0 Å². The lowest BCUT2D eigenvalue weighted by Gasteiger charge is -2.09. The van der Waals surface area contributed by atoms with Crippen LogP contribution in [0.4, 0.5) is 0 Å². The van der Waals surface area contributed by atoms with Gasteiger partial charge in [0.1, 0.15) is 0 Å². The molecule has 0 N–H and O–H groups in total. The van der Waals surface area contributed by atoms with Crippen molar-refractivity contribution >= 4 is 11.8 Å². The van der Waals surface area contributed by atoms with Crippen LogP contribution in [0.5, 0.6) is 0 Å². The van der Waals surface area contributed by atoms with Crippen LogP contribution in [0.15, 0.2) is 24.8 Å². The Balaban J connectivity index is 2.55. The van der Waals surface area contributed by atoms with Crippen molar-refractivity contribution in [2.24, 2.45) is 0 Å². The van der Waals surface area contributed by atoms with Gasteiger partial charge in [-0.1, -0.05) is 6.08 Å². The van der Waals surface area contributed by atoms with E-state index in [4.69, 9.17) is 0 Å². The van der Waals surface area contributed by atoms with Crippen LogP contribution >= 0.6 is 0 Å². The summed E-state index contributed by atoms with van der Waals surface area (Å²) in [5, 5.41) is 0. The van der Waals surface area contributed by atoms with Crippen LogP contribution in [-0.4, -0.2) is 23.3 Å². The highest BCUT2D eigenvalue weighted by Crippen LogP contribution is 2.25. The second-order valence-corrected chi connectivity index (χ2v) is 3.99. The molecule has 0 spiro atoms. The number of rotatable bonds is 2. The lowest BCUT2D eigenvalue weighted by atomic mass is 10.0. The summed E-state index contributed by atoms with van der Waals surface area (Å²) in [7, 11) is 0. The van der Waals surface area contributed by atoms with E-state index in [9.17, 15) is 9.59 Å². The molecule has 3 nitrogen and oxygen atoms in total. The van der Waals surface area contributed by atoms with Crippen molar-refractivity contribution in [2.45, 2.75) is 13.8 Å². The fourth-order valence-electron chi connectivity index (χ4n) is 1.85. The number of carbonyl (C=O) groups is 2. The van der Waals surface area contributed by atoms with Gasteiger partial charge in [-0.2, -0.15) is 0 Å². The number of hydrogen-bond acceptors (Lipinski definition) is 2. The average Bonchev–Trinajstić information content (AvgIpc) is 2.46. The normalized spacial score (nSPS) is 14.2. The quantitative estimate of drug-likeness (QED) is 0.559.